The quantitative estimate of drug-likeness (QED) is 0.657. The van der Waals surface area contributed by atoms with Gasteiger partial charge < -0.3 is 5.32 Å². The van der Waals surface area contributed by atoms with Crippen molar-refractivity contribution in [3.63, 3.8) is 0 Å². The smallest absolute Gasteiger partial charge is 0.151 e. The molecular weight excluding hydrogens is 186 g/mol. The topological polar surface area (TPSA) is 46.2 Å². The van der Waals surface area contributed by atoms with Crippen LogP contribution in [0.3, 0.4) is 0 Å². The van der Waals surface area contributed by atoms with Gasteiger partial charge in [0.15, 0.2) is 9.84 Å². The molecule has 0 fully saturated rings. The van der Waals surface area contributed by atoms with Crippen LogP contribution in [0.4, 0.5) is 0 Å². The molecule has 3 nitrogen and oxygen atoms in total. The van der Waals surface area contributed by atoms with Gasteiger partial charge in [0.05, 0.1) is 5.75 Å². The third kappa shape index (κ3) is 6.78. The fourth-order valence-electron chi connectivity index (χ4n) is 0.906. The highest BCUT2D eigenvalue weighted by Gasteiger charge is 2.12. The Morgan fingerprint density at radius 3 is 2.46 bits per heavy atom. The Bertz CT molecular complexity index is 257. The molecule has 0 aliphatic rings. The van der Waals surface area contributed by atoms with E-state index in [0.29, 0.717) is 6.54 Å². The minimum atomic E-state index is -2.86. The van der Waals surface area contributed by atoms with E-state index in [0.717, 1.165) is 5.57 Å². The van der Waals surface area contributed by atoms with Gasteiger partial charge in [-0.05, 0) is 13.8 Å². The maximum atomic E-state index is 11.2. The van der Waals surface area contributed by atoms with Crippen LogP contribution in [0.25, 0.3) is 0 Å². The van der Waals surface area contributed by atoms with Crippen molar-refractivity contribution in [2.24, 2.45) is 0 Å². The van der Waals surface area contributed by atoms with Crippen LogP contribution in [0.5, 0.6) is 0 Å². The summed E-state index contributed by atoms with van der Waals surface area (Å²) in [5.41, 5.74) is 1.01. The summed E-state index contributed by atoms with van der Waals surface area (Å²) in [4.78, 5) is 0. The summed E-state index contributed by atoms with van der Waals surface area (Å²) in [7, 11) is -2.86. The van der Waals surface area contributed by atoms with E-state index < -0.39 is 9.84 Å². The van der Waals surface area contributed by atoms with Gasteiger partial charge in [-0.1, -0.05) is 19.1 Å². The van der Waals surface area contributed by atoms with Crippen LogP contribution in [-0.4, -0.2) is 32.5 Å². The molecule has 0 spiro atoms. The first-order valence-corrected chi connectivity index (χ1v) is 6.27. The minimum Gasteiger partial charge on any atom is -0.310 e. The van der Waals surface area contributed by atoms with Gasteiger partial charge in [-0.2, -0.15) is 0 Å². The van der Waals surface area contributed by atoms with Crippen LogP contribution < -0.4 is 5.32 Å². The van der Waals surface area contributed by atoms with Gasteiger partial charge in [-0.15, -0.1) is 0 Å². The van der Waals surface area contributed by atoms with E-state index in [1.54, 1.807) is 6.92 Å². The highest BCUT2D eigenvalue weighted by Crippen LogP contribution is 1.95. The first kappa shape index (κ1) is 12.7. The van der Waals surface area contributed by atoms with Gasteiger partial charge in [0.2, 0.25) is 0 Å². The second-order valence-electron chi connectivity index (χ2n) is 3.44. The maximum Gasteiger partial charge on any atom is 0.151 e. The summed E-state index contributed by atoms with van der Waals surface area (Å²) in [6.07, 6.45) is 0. The lowest BCUT2D eigenvalue weighted by molar-refractivity contribution is 0.570. The van der Waals surface area contributed by atoms with Crippen molar-refractivity contribution in [1.82, 2.24) is 5.32 Å². The van der Waals surface area contributed by atoms with Crippen LogP contribution in [0.2, 0.25) is 0 Å². The summed E-state index contributed by atoms with van der Waals surface area (Å²) >= 11 is 0. The second kappa shape index (κ2) is 5.40. The zero-order valence-corrected chi connectivity index (χ0v) is 9.45. The molecule has 0 aromatic heterocycles. The fourth-order valence-corrected chi connectivity index (χ4v) is 2.02. The summed E-state index contributed by atoms with van der Waals surface area (Å²) in [5, 5.41) is 3.09. The van der Waals surface area contributed by atoms with Crippen molar-refractivity contribution in [2.75, 3.05) is 18.1 Å². The zero-order chi connectivity index (χ0) is 10.5. The third-order valence-corrected chi connectivity index (χ3v) is 3.58. The van der Waals surface area contributed by atoms with Crippen molar-refractivity contribution in [3.05, 3.63) is 12.2 Å². The molecule has 0 aliphatic carbocycles. The lowest BCUT2D eigenvalue weighted by atomic mass is 10.3. The molecule has 0 saturated carbocycles. The van der Waals surface area contributed by atoms with Gasteiger partial charge in [-0.3, -0.25) is 0 Å². The Kier molecular flexibility index (Phi) is 5.25. The molecule has 0 bridgehead atoms. The van der Waals surface area contributed by atoms with Gasteiger partial charge in [0, 0.05) is 18.3 Å². The van der Waals surface area contributed by atoms with Gasteiger partial charge in [0.25, 0.3) is 0 Å². The first-order valence-electron chi connectivity index (χ1n) is 4.45. The summed E-state index contributed by atoms with van der Waals surface area (Å²) in [6.45, 7) is 9.86. The SMILES string of the molecule is C=C(C)CNC(C)CS(=O)(=O)CC. The lowest BCUT2D eigenvalue weighted by Crippen LogP contribution is -2.34. The summed E-state index contributed by atoms with van der Waals surface area (Å²) in [5.74, 6) is 0.420. The zero-order valence-electron chi connectivity index (χ0n) is 8.63. The molecule has 0 aromatic rings. The van der Waals surface area contributed by atoms with Crippen LogP contribution in [-0.2, 0) is 9.84 Å². The fraction of sp³-hybridized carbons (Fsp3) is 0.778. The Morgan fingerprint density at radius 2 is 2.08 bits per heavy atom. The highest BCUT2D eigenvalue weighted by atomic mass is 32.2. The molecule has 0 rings (SSSR count). The monoisotopic (exact) mass is 205 g/mol. The van der Waals surface area contributed by atoms with E-state index in [2.05, 4.69) is 11.9 Å². The molecular formula is C9H19NO2S. The molecule has 13 heavy (non-hydrogen) atoms. The standard InChI is InChI=1S/C9H19NO2S/c1-5-13(11,12)7-9(4)10-6-8(2)3/h9-10H,2,5-7H2,1,3-4H3. The first-order chi connectivity index (χ1) is 5.87. The van der Waals surface area contributed by atoms with Crippen molar-refractivity contribution >= 4 is 9.84 Å². The number of hydrogen-bond donors (Lipinski definition) is 1. The average Bonchev–Trinajstić information content (AvgIpc) is 2.00. The predicted molar refractivity (Wildman–Crippen MR) is 56.6 cm³/mol. The van der Waals surface area contributed by atoms with Gasteiger partial charge in [0.1, 0.15) is 0 Å². The van der Waals surface area contributed by atoms with E-state index in [1.807, 2.05) is 13.8 Å². The van der Waals surface area contributed by atoms with E-state index in [9.17, 15) is 8.42 Å². The number of sulfone groups is 1. The second-order valence-corrected chi connectivity index (χ2v) is 5.84. The average molecular weight is 205 g/mol. The third-order valence-electron chi connectivity index (χ3n) is 1.70. The molecule has 0 aliphatic heterocycles. The van der Waals surface area contributed by atoms with Gasteiger partial charge in [-0.25, -0.2) is 8.42 Å². The molecule has 1 N–H and O–H groups in total. The molecule has 0 heterocycles. The number of hydrogen-bond acceptors (Lipinski definition) is 3. The molecule has 1 unspecified atom stereocenters. The summed E-state index contributed by atoms with van der Waals surface area (Å²) in [6, 6.07) is 0.00153. The molecule has 0 saturated heterocycles. The molecule has 4 heteroatoms. The van der Waals surface area contributed by atoms with Crippen LogP contribution in [0.1, 0.15) is 20.8 Å². The van der Waals surface area contributed by atoms with Crippen molar-refractivity contribution in [2.45, 2.75) is 26.8 Å². The Balaban J connectivity index is 3.88. The van der Waals surface area contributed by atoms with E-state index >= 15 is 0 Å². The van der Waals surface area contributed by atoms with Crippen LogP contribution in [0.15, 0.2) is 12.2 Å². The molecule has 0 amide bonds. The Morgan fingerprint density at radius 1 is 1.54 bits per heavy atom. The van der Waals surface area contributed by atoms with E-state index in [4.69, 9.17) is 0 Å². The van der Waals surface area contributed by atoms with E-state index in [1.165, 1.54) is 0 Å². The van der Waals surface area contributed by atoms with E-state index in [-0.39, 0.29) is 17.5 Å². The predicted octanol–water partition coefficient (Wildman–Crippen LogP) is 0.975. The minimum absolute atomic E-state index is 0.00153. The Labute approximate surface area is 81.1 Å². The normalized spacial score (nSPS) is 14.1. The van der Waals surface area contributed by atoms with Crippen LogP contribution in [0, 0.1) is 0 Å². The number of rotatable bonds is 6. The largest absolute Gasteiger partial charge is 0.310 e. The van der Waals surface area contributed by atoms with Gasteiger partial charge >= 0.3 is 0 Å². The summed E-state index contributed by atoms with van der Waals surface area (Å²) < 4.78 is 22.4. The highest BCUT2D eigenvalue weighted by molar-refractivity contribution is 7.91. The van der Waals surface area contributed by atoms with Crippen molar-refractivity contribution in [3.8, 4) is 0 Å². The number of nitrogens with one attached hydrogen (secondary N) is 1. The lowest BCUT2D eigenvalue weighted by Gasteiger charge is -2.12. The Hall–Kier alpha value is -0.350. The molecule has 78 valence electrons. The molecule has 0 aromatic carbocycles. The van der Waals surface area contributed by atoms with Crippen molar-refractivity contribution in [1.29, 1.82) is 0 Å². The molecule has 1 atom stereocenters. The van der Waals surface area contributed by atoms with Crippen LogP contribution >= 0.6 is 0 Å². The van der Waals surface area contributed by atoms with Crippen molar-refractivity contribution < 1.29 is 8.42 Å². The molecule has 0 radical (unpaired) electrons. The maximum absolute atomic E-state index is 11.2.